The van der Waals surface area contributed by atoms with Crippen LogP contribution in [0.3, 0.4) is 0 Å². The maximum Gasteiger partial charge on any atom is 0.0618 e. The lowest BCUT2D eigenvalue weighted by atomic mass is 9.63. The molecule has 0 aromatic carbocycles. The van der Waals surface area contributed by atoms with E-state index in [1.54, 1.807) is 0 Å². The molecule has 0 aromatic heterocycles. The fraction of sp³-hybridized carbons (Fsp3) is 1.00. The average molecular weight is 225 g/mol. The SMILES string of the molecule is CC1(C)CCCCC1(CO)NC1CCCC1. The molecule has 2 N–H and O–H groups in total. The zero-order valence-corrected chi connectivity index (χ0v) is 10.9. The molecule has 1 atom stereocenters. The standard InChI is InChI=1S/C14H27NO/c1-13(2)9-5-6-10-14(13,11-16)15-12-7-3-4-8-12/h12,15-16H,3-11H2,1-2H3. The van der Waals surface area contributed by atoms with Crippen molar-refractivity contribution >= 4 is 0 Å². The van der Waals surface area contributed by atoms with Crippen LogP contribution in [0.25, 0.3) is 0 Å². The summed E-state index contributed by atoms with van der Waals surface area (Å²) >= 11 is 0. The van der Waals surface area contributed by atoms with Crippen molar-refractivity contribution in [1.29, 1.82) is 0 Å². The minimum absolute atomic E-state index is 0.0136. The highest BCUT2D eigenvalue weighted by Gasteiger charge is 2.47. The van der Waals surface area contributed by atoms with E-state index in [0.717, 1.165) is 6.42 Å². The van der Waals surface area contributed by atoms with Gasteiger partial charge >= 0.3 is 0 Å². The lowest BCUT2D eigenvalue weighted by Crippen LogP contribution is -2.62. The van der Waals surface area contributed by atoms with Crippen LogP contribution in [0.15, 0.2) is 0 Å². The van der Waals surface area contributed by atoms with Crippen molar-refractivity contribution < 1.29 is 5.11 Å². The third kappa shape index (κ3) is 2.14. The Kier molecular flexibility index (Phi) is 3.60. The average Bonchev–Trinajstić information content (AvgIpc) is 2.74. The van der Waals surface area contributed by atoms with E-state index >= 15 is 0 Å². The van der Waals surface area contributed by atoms with E-state index in [2.05, 4.69) is 19.2 Å². The first-order valence-corrected chi connectivity index (χ1v) is 6.98. The van der Waals surface area contributed by atoms with E-state index < -0.39 is 0 Å². The third-order valence-corrected chi connectivity index (χ3v) is 5.06. The molecule has 0 amide bonds. The molecular weight excluding hydrogens is 198 g/mol. The molecule has 2 fully saturated rings. The molecule has 0 saturated heterocycles. The molecule has 2 saturated carbocycles. The van der Waals surface area contributed by atoms with Crippen molar-refractivity contribution in [2.24, 2.45) is 5.41 Å². The van der Waals surface area contributed by atoms with Crippen LogP contribution in [-0.4, -0.2) is 23.3 Å². The monoisotopic (exact) mass is 225 g/mol. The molecule has 2 aliphatic carbocycles. The minimum Gasteiger partial charge on any atom is -0.394 e. The Morgan fingerprint density at radius 1 is 1.06 bits per heavy atom. The number of aliphatic hydroxyl groups is 1. The maximum absolute atomic E-state index is 9.87. The molecule has 16 heavy (non-hydrogen) atoms. The first kappa shape index (κ1) is 12.4. The van der Waals surface area contributed by atoms with Crippen LogP contribution in [0.1, 0.15) is 65.2 Å². The van der Waals surface area contributed by atoms with Gasteiger partial charge in [-0.2, -0.15) is 0 Å². The van der Waals surface area contributed by atoms with Crippen molar-refractivity contribution in [2.45, 2.75) is 76.8 Å². The van der Waals surface area contributed by atoms with Gasteiger partial charge in [0.15, 0.2) is 0 Å². The summed E-state index contributed by atoms with van der Waals surface area (Å²) in [4.78, 5) is 0. The van der Waals surface area contributed by atoms with E-state index in [4.69, 9.17) is 0 Å². The van der Waals surface area contributed by atoms with Crippen molar-refractivity contribution in [3.05, 3.63) is 0 Å². The highest BCUT2D eigenvalue weighted by atomic mass is 16.3. The normalized spacial score (nSPS) is 35.4. The van der Waals surface area contributed by atoms with Gasteiger partial charge in [0, 0.05) is 11.6 Å². The quantitative estimate of drug-likeness (QED) is 0.774. The Bertz CT molecular complexity index is 233. The fourth-order valence-electron chi connectivity index (χ4n) is 3.64. The van der Waals surface area contributed by atoms with Gasteiger partial charge in [0.05, 0.1) is 6.61 Å². The molecule has 0 bridgehead atoms. The second-order valence-corrected chi connectivity index (χ2v) is 6.46. The van der Waals surface area contributed by atoms with E-state index in [0.29, 0.717) is 12.6 Å². The van der Waals surface area contributed by atoms with Gasteiger partial charge in [0.25, 0.3) is 0 Å². The van der Waals surface area contributed by atoms with Crippen LogP contribution in [0.4, 0.5) is 0 Å². The van der Waals surface area contributed by atoms with Crippen LogP contribution in [0.5, 0.6) is 0 Å². The molecule has 0 spiro atoms. The summed E-state index contributed by atoms with van der Waals surface area (Å²) in [6.07, 6.45) is 10.3. The van der Waals surface area contributed by atoms with Gasteiger partial charge in [-0.15, -0.1) is 0 Å². The predicted molar refractivity (Wildman–Crippen MR) is 67.5 cm³/mol. The van der Waals surface area contributed by atoms with Gasteiger partial charge < -0.3 is 10.4 Å². The van der Waals surface area contributed by atoms with Crippen molar-refractivity contribution in [2.75, 3.05) is 6.61 Å². The van der Waals surface area contributed by atoms with Gasteiger partial charge in [-0.25, -0.2) is 0 Å². The molecule has 0 radical (unpaired) electrons. The number of hydrogen-bond acceptors (Lipinski definition) is 2. The van der Waals surface area contributed by atoms with Crippen LogP contribution in [0, 0.1) is 5.41 Å². The number of rotatable bonds is 3. The topological polar surface area (TPSA) is 32.3 Å². The molecule has 1 unspecified atom stereocenters. The van der Waals surface area contributed by atoms with Crippen molar-refractivity contribution in [3.63, 3.8) is 0 Å². The smallest absolute Gasteiger partial charge is 0.0618 e. The molecule has 2 aliphatic rings. The summed E-state index contributed by atoms with van der Waals surface area (Å²) in [5.74, 6) is 0. The van der Waals surface area contributed by atoms with E-state index in [9.17, 15) is 5.11 Å². The summed E-state index contributed by atoms with van der Waals surface area (Å²) in [6, 6.07) is 0.657. The fourth-order valence-corrected chi connectivity index (χ4v) is 3.64. The summed E-state index contributed by atoms with van der Waals surface area (Å²) in [5, 5.41) is 13.7. The zero-order chi connectivity index (χ0) is 11.6. The van der Waals surface area contributed by atoms with Gasteiger partial charge in [0.2, 0.25) is 0 Å². The first-order valence-electron chi connectivity index (χ1n) is 6.98. The Hall–Kier alpha value is -0.0800. The van der Waals surface area contributed by atoms with Crippen LogP contribution < -0.4 is 5.32 Å². The van der Waals surface area contributed by atoms with Crippen molar-refractivity contribution in [3.8, 4) is 0 Å². The lowest BCUT2D eigenvalue weighted by Gasteiger charge is -2.51. The van der Waals surface area contributed by atoms with E-state index in [1.165, 1.54) is 44.9 Å². The number of nitrogens with one attached hydrogen (secondary N) is 1. The second kappa shape index (κ2) is 4.66. The van der Waals surface area contributed by atoms with Crippen LogP contribution in [0.2, 0.25) is 0 Å². The zero-order valence-electron chi connectivity index (χ0n) is 10.9. The summed E-state index contributed by atoms with van der Waals surface area (Å²) in [7, 11) is 0. The largest absolute Gasteiger partial charge is 0.394 e. The number of aliphatic hydroxyl groups excluding tert-OH is 1. The molecule has 0 aliphatic heterocycles. The van der Waals surface area contributed by atoms with Crippen LogP contribution in [-0.2, 0) is 0 Å². The Morgan fingerprint density at radius 2 is 1.69 bits per heavy atom. The third-order valence-electron chi connectivity index (χ3n) is 5.06. The maximum atomic E-state index is 9.87. The van der Waals surface area contributed by atoms with Gasteiger partial charge in [-0.1, -0.05) is 39.5 Å². The Balaban J connectivity index is 2.09. The molecule has 2 rings (SSSR count). The predicted octanol–water partition coefficient (Wildman–Crippen LogP) is 2.85. The van der Waals surface area contributed by atoms with Crippen molar-refractivity contribution in [1.82, 2.24) is 5.32 Å². The lowest BCUT2D eigenvalue weighted by molar-refractivity contribution is 0.00244. The summed E-state index contributed by atoms with van der Waals surface area (Å²) in [5.41, 5.74) is 0.225. The highest BCUT2D eigenvalue weighted by molar-refractivity contribution is 5.04. The summed E-state index contributed by atoms with van der Waals surface area (Å²) < 4.78 is 0. The van der Waals surface area contributed by atoms with E-state index in [-0.39, 0.29) is 11.0 Å². The van der Waals surface area contributed by atoms with Gasteiger partial charge in [-0.05, 0) is 31.1 Å². The van der Waals surface area contributed by atoms with Gasteiger partial charge in [-0.3, -0.25) is 0 Å². The number of hydrogen-bond donors (Lipinski definition) is 2. The van der Waals surface area contributed by atoms with Crippen LogP contribution >= 0.6 is 0 Å². The highest BCUT2D eigenvalue weighted by Crippen LogP contribution is 2.44. The minimum atomic E-state index is -0.0136. The molecule has 0 heterocycles. The second-order valence-electron chi connectivity index (χ2n) is 6.46. The molecule has 2 heteroatoms. The molecule has 94 valence electrons. The molecule has 0 aromatic rings. The first-order chi connectivity index (χ1) is 7.60. The van der Waals surface area contributed by atoms with E-state index in [1.807, 2.05) is 0 Å². The Morgan fingerprint density at radius 3 is 2.25 bits per heavy atom. The molecule has 2 nitrogen and oxygen atoms in total. The van der Waals surface area contributed by atoms with Gasteiger partial charge in [0.1, 0.15) is 0 Å². The molecular formula is C14H27NO. The summed E-state index contributed by atoms with van der Waals surface area (Å²) in [6.45, 7) is 4.95. The Labute approximate surface area is 99.8 Å².